The molecule has 12 heteroatoms. The number of hydrogen-bond donors (Lipinski definition) is 2. The van der Waals surface area contributed by atoms with E-state index in [1.54, 1.807) is 12.1 Å². The summed E-state index contributed by atoms with van der Waals surface area (Å²) in [6.07, 6.45) is -2.04. The highest BCUT2D eigenvalue weighted by Gasteiger charge is 2.37. The maximum Gasteiger partial charge on any atom is 0.435 e. The summed E-state index contributed by atoms with van der Waals surface area (Å²) in [5.74, 6) is 0.180. The average molecular weight is 545 g/mol. The first-order chi connectivity index (χ1) is 16.5. The monoisotopic (exact) mass is 544 g/mol. The fourth-order valence-electron chi connectivity index (χ4n) is 3.89. The summed E-state index contributed by atoms with van der Waals surface area (Å²) in [7, 11) is 0. The maximum absolute atomic E-state index is 13.1. The van der Waals surface area contributed by atoms with Gasteiger partial charge in [-0.3, -0.25) is 9.36 Å². The lowest BCUT2D eigenvalue weighted by Crippen LogP contribution is -2.30. The normalized spacial score (nSPS) is 13.8. The number of benzene rings is 1. The molecule has 2 aromatic heterocycles. The number of alkyl halides is 3. The molecule has 0 amide bonds. The number of aryl methyl sites for hydroxylation is 2. The number of rotatable bonds is 8. The summed E-state index contributed by atoms with van der Waals surface area (Å²) in [6, 6.07) is 6.53. The molecule has 3 aromatic rings. The van der Waals surface area contributed by atoms with Gasteiger partial charge in [-0.2, -0.15) is 23.4 Å². The first kappa shape index (κ1) is 25.8. The maximum atomic E-state index is 13.1. The molecule has 0 unspecified atom stereocenters. The fourth-order valence-corrected chi connectivity index (χ4v) is 4.56. The molecule has 4 rings (SSSR count). The average Bonchev–Trinajstić information content (AvgIpc) is 3.47. The molecule has 0 bridgehead atoms. The van der Waals surface area contributed by atoms with Crippen molar-refractivity contribution in [2.75, 3.05) is 11.9 Å². The van der Waals surface area contributed by atoms with Gasteiger partial charge in [-0.05, 0) is 69.1 Å². The van der Waals surface area contributed by atoms with Crippen LogP contribution in [0, 0.1) is 13.8 Å². The minimum atomic E-state index is -4.43. The highest BCUT2D eigenvalue weighted by molar-refractivity contribution is 7.80. The second-order valence-corrected chi connectivity index (χ2v) is 9.88. The molecular weight excluding hydrogens is 520 g/mol. The third-order valence-electron chi connectivity index (χ3n) is 5.88. The number of nitrogens with zero attached hydrogens (tertiary/aromatic N) is 4. The molecule has 1 fully saturated rings. The van der Waals surface area contributed by atoms with E-state index in [0.29, 0.717) is 46.9 Å². The van der Waals surface area contributed by atoms with E-state index >= 15 is 0 Å². The molecule has 0 saturated heterocycles. The summed E-state index contributed by atoms with van der Waals surface area (Å²) in [5.41, 5.74) is 3.20. The van der Waals surface area contributed by atoms with Crippen LogP contribution >= 0.6 is 35.4 Å². The molecule has 35 heavy (non-hydrogen) atoms. The Kier molecular flexibility index (Phi) is 7.63. The quantitative estimate of drug-likeness (QED) is 0.256. The summed E-state index contributed by atoms with van der Waals surface area (Å²) in [5, 5.41) is 16.2. The van der Waals surface area contributed by atoms with E-state index in [1.807, 2.05) is 24.6 Å². The first-order valence-electron chi connectivity index (χ1n) is 11.2. The summed E-state index contributed by atoms with van der Waals surface area (Å²) in [6.45, 7) is 5.17. The van der Waals surface area contributed by atoms with E-state index in [4.69, 9.17) is 35.4 Å². The Hall–Kier alpha value is -2.30. The predicted molar refractivity (Wildman–Crippen MR) is 135 cm³/mol. The minimum absolute atomic E-state index is 0.180. The van der Waals surface area contributed by atoms with Crippen molar-refractivity contribution in [2.45, 2.75) is 58.3 Å². The van der Waals surface area contributed by atoms with Crippen molar-refractivity contribution in [2.24, 2.45) is 0 Å². The van der Waals surface area contributed by atoms with Gasteiger partial charge in [-0.15, -0.1) is 0 Å². The molecule has 1 aliphatic rings. The molecule has 0 aliphatic heterocycles. The standard InChI is InChI=1S/C23H25Cl2F3N6S/c1-13-21(14(2)34(31-13)12-16-6-7-17(24)10-18(16)25)30-22(35)29-8-3-9-33-19(15-4-5-15)11-20(32-33)23(26,27)28/h6-7,10-11,15H,3-5,8-9,12H2,1-2H3,(H2,29,30,35). The van der Waals surface area contributed by atoms with Crippen LogP contribution in [0.1, 0.15) is 53.5 Å². The number of aromatic nitrogens is 4. The van der Waals surface area contributed by atoms with Crippen LogP contribution in [-0.4, -0.2) is 31.2 Å². The van der Waals surface area contributed by atoms with Crippen molar-refractivity contribution in [3.63, 3.8) is 0 Å². The lowest BCUT2D eigenvalue weighted by atomic mass is 10.2. The summed E-state index contributed by atoms with van der Waals surface area (Å²) < 4.78 is 42.5. The van der Waals surface area contributed by atoms with Crippen LogP contribution < -0.4 is 10.6 Å². The van der Waals surface area contributed by atoms with Crippen molar-refractivity contribution in [1.29, 1.82) is 0 Å². The first-order valence-corrected chi connectivity index (χ1v) is 12.4. The van der Waals surface area contributed by atoms with Crippen LogP contribution in [0.5, 0.6) is 0 Å². The van der Waals surface area contributed by atoms with E-state index in [-0.39, 0.29) is 5.92 Å². The molecule has 0 atom stereocenters. The van der Waals surface area contributed by atoms with Gasteiger partial charge in [0, 0.05) is 34.7 Å². The van der Waals surface area contributed by atoms with Crippen LogP contribution in [0.3, 0.4) is 0 Å². The Morgan fingerprint density at radius 3 is 2.54 bits per heavy atom. The molecule has 6 nitrogen and oxygen atoms in total. The predicted octanol–water partition coefficient (Wildman–Crippen LogP) is 6.32. The van der Waals surface area contributed by atoms with Crippen molar-refractivity contribution in [3.8, 4) is 0 Å². The summed E-state index contributed by atoms with van der Waals surface area (Å²) >= 11 is 17.7. The van der Waals surface area contributed by atoms with Crippen molar-refractivity contribution >= 4 is 46.2 Å². The number of nitrogens with one attached hydrogen (secondary N) is 2. The topological polar surface area (TPSA) is 59.7 Å². The van der Waals surface area contributed by atoms with Gasteiger partial charge in [0.25, 0.3) is 0 Å². The molecular formula is C23H25Cl2F3N6S. The highest BCUT2D eigenvalue weighted by Crippen LogP contribution is 2.42. The molecule has 188 valence electrons. The zero-order valence-electron chi connectivity index (χ0n) is 19.2. The van der Waals surface area contributed by atoms with Gasteiger partial charge in [0.1, 0.15) is 0 Å². The number of anilines is 1. The number of thiocarbonyl (C=S) groups is 1. The van der Waals surface area contributed by atoms with Crippen molar-refractivity contribution < 1.29 is 13.2 Å². The van der Waals surface area contributed by atoms with E-state index in [2.05, 4.69) is 20.8 Å². The van der Waals surface area contributed by atoms with Gasteiger partial charge in [0.15, 0.2) is 10.8 Å². The van der Waals surface area contributed by atoms with Gasteiger partial charge >= 0.3 is 6.18 Å². The third-order valence-corrected chi connectivity index (χ3v) is 6.72. The SMILES string of the molecule is Cc1nn(Cc2ccc(Cl)cc2Cl)c(C)c1NC(=S)NCCCn1nc(C(F)(F)F)cc1C1CC1. The Balaban J connectivity index is 1.31. The number of hydrogen-bond acceptors (Lipinski definition) is 3. The lowest BCUT2D eigenvalue weighted by molar-refractivity contribution is -0.141. The van der Waals surface area contributed by atoms with Crippen LogP contribution in [0.25, 0.3) is 0 Å². The molecule has 0 spiro atoms. The highest BCUT2D eigenvalue weighted by atomic mass is 35.5. The van der Waals surface area contributed by atoms with Gasteiger partial charge in [-0.25, -0.2) is 0 Å². The van der Waals surface area contributed by atoms with Crippen LogP contribution in [0.15, 0.2) is 24.3 Å². The molecule has 2 heterocycles. The van der Waals surface area contributed by atoms with Gasteiger partial charge in [-0.1, -0.05) is 29.3 Å². The largest absolute Gasteiger partial charge is 0.435 e. The molecule has 1 aliphatic carbocycles. The van der Waals surface area contributed by atoms with E-state index < -0.39 is 11.9 Å². The Labute approximate surface area is 216 Å². The van der Waals surface area contributed by atoms with Crippen LogP contribution in [-0.2, 0) is 19.3 Å². The second kappa shape index (κ2) is 10.4. The minimum Gasteiger partial charge on any atom is -0.362 e. The van der Waals surface area contributed by atoms with Crippen LogP contribution in [0.4, 0.5) is 18.9 Å². The van der Waals surface area contributed by atoms with E-state index in [1.165, 1.54) is 10.7 Å². The third kappa shape index (κ3) is 6.29. The fraction of sp³-hybridized carbons (Fsp3) is 0.435. The molecule has 0 radical (unpaired) electrons. The van der Waals surface area contributed by atoms with E-state index in [0.717, 1.165) is 35.5 Å². The lowest BCUT2D eigenvalue weighted by Gasteiger charge is -2.12. The van der Waals surface area contributed by atoms with Crippen LogP contribution in [0.2, 0.25) is 10.0 Å². The molecule has 1 aromatic carbocycles. The zero-order valence-corrected chi connectivity index (χ0v) is 21.5. The Morgan fingerprint density at radius 2 is 1.89 bits per heavy atom. The second-order valence-electron chi connectivity index (χ2n) is 8.62. The zero-order chi connectivity index (χ0) is 25.3. The van der Waals surface area contributed by atoms with E-state index in [9.17, 15) is 13.2 Å². The molecule has 1 saturated carbocycles. The van der Waals surface area contributed by atoms with Crippen molar-refractivity contribution in [3.05, 3.63) is 62.6 Å². The Morgan fingerprint density at radius 1 is 1.14 bits per heavy atom. The Bertz CT molecular complexity index is 1230. The van der Waals surface area contributed by atoms with Gasteiger partial charge in [0.2, 0.25) is 0 Å². The van der Waals surface area contributed by atoms with Gasteiger partial charge < -0.3 is 10.6 Å². The number of halogens is 5. The smallest absolute Gasteiger partial charge is 0.362 e. The van der Waals surface area contributed by atoms with Gasteiger partial charge in [0.05, 0.1) is 23.6 Å². The molecule has 2 N–H and O–H groups in total. The summed E-state index contributed by atoms with van der Waals surface area (Å²) in [4.78, 5) is 0. The van der Waals surface area contributed by atoms with Crippen molar-refractivity contribution in [1.82, 2.24) is 24.9 Å².